The van der Waals surface area contributed by atoms with Crippen LogP contribution in [0, 0.1) is 6.07 Å². The number of hydrogen-bond acceptors (Lipinski definition) is 1. The topological polar surface area (TPSA) is 37.8 Å². The molecule has 11 heavy (non-hydrogen) atoms. The lowest BCUT2D eigenvalue weighted by Gasteiger charge is -1.90. The highest BCUT2D eigenvalue weighted by Crippen LogP contribution is 2.05. The van der Waals surface area contributed by atoms with Crippen LogP contribution >= 0.6 is 0 Å². The number of rotatable bonds is 0. The number of benzene rings is 1. The van der Waals surface area contributed by atoms with E-state index in [1.165, 1.54) is 0 Å². The minimum Gasteiger partial charge on any atom is -0.288 e. The summed E-state index contributed by atoms with van der Waals surface area (Å²) in [4.78, 5) is 11.1. The van der Waals surface area contributed by atoms with Gasteiger partial charge in [0.25, 0.3) is 5.56 Å². The number of nitrogens with zero attached hydrogens (tertiary/aromatic N) is 1. The first-order chi connectivity index (χ1) is 5.29. The van der Waals surface area contributed by atoms with E-state index in [9.17, 15) is 4.79 Å². The van der Waals surface area contributed by atoms with E-state index >= 15 is 0 Å². The van der Waals surface area contributed by atoms with Gasteiger partial charge in [0.2, 0.25) is 0 Å². The minimum atomic E-state index is -0.0449. The van der Waals surface area contributed by atoms with Gasteiger partial charge in [-0.3, -0.25) is 14.6 Å². The van der Waals surface area contributed by atoms with Gasteiger partial charge in [0.15, 0.2) is 0 Å². The van der Waals surface area contributed by atoms with Gasteiger partial charge in [-0.15, -0.1) is 0 Å². The maximum absolute atomic E-state index is 11.1. The Kier molecular flexibility index (Phi) is 1.12. The highest BCUT2D eigenvalue weighted by Gasteiger charge is 1.99. The van der Waals surface area contributed by atoms with Crippen LogP contribution in [0.15, 0.2) is 23.0 Å². The fourth-order valence-corrected chi connectivity index (χ4v) is 1.16. The summed E-state index contributed by atoms with van der Waals surface area (Å²) < 4.78 is 1.69. The molecule has 0 saturated heterocycles. The van der Waals surface area contributed by atoms with Gasteiger partial charge in [0.1, 0.15) is 0 Å². The van der Waals surface area contributed by atoms with Crippen molar-refractivity contribution in [2.75, 3.05) is 0 Å². The highest BCUT2D eigenvalue weighted by atomic mass is 16.1. The molecule has 0 saturated carbocycles. The Bertz CT molecular complexity index is 439. The van der Waals surface area contributed by atoms with Crippen molar-refractivity contribution in [3.63, 3.8) is 0 Å². The fraction of sp³-hybridized carbons (Fsp3) is 0.125. The summed E-state index contributed by atoms with van der Waals surface area (Å²) >= 11 is 0. The molecule has 1 aromatic carbocycles. The molecule has 2 aromatic rings. The zero-order valence-corrected chi connectivity index (χ0v) is 6.09. The molecule has 0 aliphatic carbocycles. The monoisotopic (exact) mass is 147 g/mol. The van der Waals surface area contributed by atoms with Gasteiger partial charge in [-0.1, -0.05) is 6.07 Å². The van der Waals surface area contributed by atoms with E-state index in [2.05, 4.69) is 11.2 Å². The third-order valence-corrected chi connectivity index (χ3v) is 1.72. The molecule has 1 aromatic heterocycles. The molecule has 0 aliphatic rings. The van der Waals surface area contributed by atoms with Gasteiger partial charge in [-0.05, 0) is 18.2 Å². The van der Waals surface area contributed by atoms with Crippen molar-refractivity contribution in [2.24, 2.45) is 7.05 Å². The predicted molar refractivity (Wildman–Crippen MR) is 42.4 cm³/mol. The molecule has 3 nitrogen and oxygen atoms in total. The normalized spacial score (nSPS) is 10.6. The van der Waals surface area contributed by atoms with Crippen molar-refractivity contribution in [3.8, 4) is 0 Å². The van der Waals surface area contributed by atoms with Crippen molar-refractivity contribution in [3.05, 3.63) is 34.6 Å². The van der Waals surface area contributed by atoms with Crippen molar-refractivity contribution < 1.29 is 0 Å². The number of H-pyrrole nitrogens is 1. The van der Waals surface area contributed by atoms with Crippen molar-refractivity contribution >= 4 is 10.9 Å². The number of aryl methyl sites for hydroxylation is 1. The standard InChI is InChI=1S/C8H7N2O/c1-10-7-5-3-2-4-6(7)8(11)9-10/h2,4-5H,1H3,(H,9,11). The quantitative estimate of drug-likeness (QED) is 0.584. The molecule has 55 valence electrons. The van der Waals surface area contributed by atoms with Gasteiger partial charge in [0.05, 0.1) is 10.9 Å². The van der Waals surface area contributed by atoms with Gasteiger partial charge < -0.3 is 0 Å². The van der Waals surface area contributed by atoms with Gasteiger partial charge in [-0.2, -0.15) is 0 Å². The molecule has 0 atom stereocenters. The van der Waals surface area contributed by atoms with E-state index in [-0.39, 0.29) is 5.56 Å². The third kappa shape index (κ3) is 0.774. The molecule has 0 fully saturated rings. The van der Waals surface area contributed by atoms with E-state index < -0.39 is 0 Å². The van der Waals surface area contributed by atoms with Gasteiger partial charge >= 0.3 is 0 Å². The van der Waals surface area contributed by atoms with Crippen LogP contribution in [-0.2, 0) is 7.05 Å². The van der Waals surface area contributed by atoms with E-state index in [1.54, 1.807) is 29.9 Å². The van der Waals surface area contributed by atoms with Crippen LogP contribution in [-0.4, -0.2) is 9.78 Å². The van der Waals surface area contributed by atoms with E-state index in [4.69, 9.17) is 0 Å². The van der Waals surface area contributed by atoms with E-state index in [1.807, 2.05) is 0 Å². The highest BCUT2D eigenvalue weighted by molar-refractivity contribution is 5.77. The zero-order chi connectivity index (χ0) is 7.84. The summed E-state index contributed by atoms with van der Waals surface area (Å²) in [6, 6.07) is 8.19. The molecule has 0 amide bonds. The first-order valence-electron chi connectivity index (χ1n) is 3.34. The van der Waals surface area contributed by atoms with E-state index in [0.717, 1.165) is 5.52 Å². The average Bonchev–Trinajstić information content (AvgIpc) is 2.30. The second-order valence-electron chi connectivity index (χ2n) is 2.44. The molecule has 0 bridgehead atoms. The largest absolute Gasteiger partial charge is 0.288 e. The van der Waals surface area contributed by atoms with Crippen molar-refractivity contribution in [1.29, 1.82) is 0 Å². The molecule has 2 rings (SSSR count). The Morgan fingerprint density at radius 3 is 3.18 bits per heavy atom. The van der Waals surface area contributed by atoms with Crippen LogP contribution in [0.1, 0.15) is 0 Å². The van der Waals surface area contributed by atoms with Crippen LogP contribution in [0.5, 0.6) is 0 Å². The van der Waals surface area contributed by atoms with Gasteiger partial charge in [0, 0.05) is 7.05 Å². The summed E-state index contributed by atoms with van der Waals surface area (Å²) in [5.41, 5.74) is 0.842. The predicted octanol–water partition coefficient (Wildman–Crippen LogP) is 0.667. The lowest BCUT2D eigenvalue weighted by Crippen LogP contribution is -2.01. The number of aromatic nitrogens is 2. The van der Waals surface area contributed by atoms with Gasteiger partial charge in [-0.25, -0.2) is 0 Å². The molecule has 0 unspecified atom stereocenters. The van der Waals surface area contributed by atoms with Crippen LogP contribution in [0.2, 0.25) is 0 Å². The Labute approximate surface area is 63.2 Å². The Morgan fingerprint density at radius 1 is 1.64 bits per heavy atom. The molecule has 3 heteroatoms. The number of fused-ring (bicyclic) bond motifs is 1. The lowest BCUT2D eigenvalue weighted by atomic mass is 10.2. The van der Waals surface area contributed by atoms with Crippen LogP contribution in [0.3, 0.4) is 0 Å². The van der Waals surface area contributed by atoms with E-state index in [0.29, 0.717) is 5.39 Å². The summed E-state index contributed by atoms with van der Waals surface area (Å²) in [5.74, 6) is 0. The van der Waals surface area contributed by atoms with Crippen LogP contribution < -0.4 is 5.56 Å². The second-order valence-corrected chi connectivity index (χ2v) is 2.44. The fourth-order valence-electron chi connectivity index (χ4n) is 1.16. The maximum atomic E-state index is 11.1. The Morgan fingerprint density at radius 2 is 2.45 bits per heavy atom. The first-order valence-corrected chi connectivity index (χ1v) is 3.34. The number of aromatic amines is 1. The van der Waals surface area contributed by atoms with Crippen molar-refractivity contribution in [1.82, 2.24) is 9.78 Å². The van der Waals surface area contributed by atoms with Crippen molar-refractivity contribution in [2.45, 2.75) is 0 Å². The lowest BCUT2D eigenvalue weighted by molar-refractivity contribution is 0.783. The minimum absolute atomic E-state index is 0.0449. The summed E-state index contributed by atoms with van der Waals surface area (Å²) in [7, 11) is 1.80. The first kappa shape index (κ1) is 6.22. The summed E-state index contributed by atoms with van der Waals surface area (Å²) in [6.45, 7) is 0. The Balaban J connectivity index is 3.07. The SMILES string of the molecule is Cn1[nH]c(=O)c2cc[c]cc21. The molecule has 0 spiro atoms. The molecular formula is C8H7N2O. The van der Waals surface area contributed by atoms with Crippen LogP contribution in [0.25, 0.3) is 10.9 Å². The summed E-state index contributed by atoms with van der Waals surface area (Å²) in [6.07, 6.45) is 0. The summed E-state index contributed by atoms with van der Waals surface area (Å²) in [5, 5.41) is 3.37. The zero-order valence-electron chi connectivity index (χ0n) is 6.09. The average molecular weight is 147 g/mol. The number of nitrogens with one attached hydrogen (secondary N) is 1. The third-order valence-electron chi connectivity index (χ3n) is 1.72. The Hall–Kier alpha value is -1.51. The smallest absolute Gasteiger partial charge is 0.271 e. The molecule has 0 aliphatic heterocycles. The van der Waals surface area contributed by atoms with Crippen LogP contribution in [0.4, 0.5) is 0 Å². The molecule has 1 heterocycles. The second kappa shape index (κ2) is 1.99. The number of hydrogen-bond donors (Lipinski definition) is 1. The molecule has 1 N–H and O–H groups in total. The molecule has 1 radical (unpaired) electrons. The maximum Gasteiger partial charge on any atom is 0.271 e. The molecular weight excluding hydrogens is 140 g/mol.